The van der Waals surface area contributed by atoms with Gasteiger partial charge >= 0.3 is 11.9 Å². The minimum Gasteiger partial charge on any atom is -0.478 e. The molecule has 1 unspecified atom stereocenters. The maximum Gasteiger partial charge on any atom is 0.332 e. The fourth-order valence-corrected chi connectivity index (χ4v) is 3.97. The van der Waals surface area contributed by atoms with Crippen LogP contribution in [0.25, 0.3) is 0 Å². The van der Waals surface area contributed by atoms with Gasteiger partial charge in [-0.15, -0.1) is 0 Å². The van der Waals surface area contributed by atoms with Crippen LogP contribution >= 0.6 is 23.2 Å². The van der Waals surface area contributed by atoms with Crippen molar-refractivity contribution in [1.82, 2.24) is 4.90 Å². The molecule has 0 aromatic heterocycles. The largest absolute Gasteiger partial charge is 0.478 e. The molecule has 0 spiro atoms. The van der Waals surface area contributed by atoms with Crippen molar-refractivity contribution in [3.8, 4) is 5.75 Å². The first-order valence-electron chi connectivity index (χ1n) is 10.7. The molecule has 1 atom stereocenters. The predicted molar refractivity (Wildman–Crippen MR) is 128 cm³/mol. The Morgan fingerprint density at radius 1 is 1.09 bits per heavy atom. The Morgan fingerprint density at radius 3 is 2.37 bits per heavy atom. The van der Waals surface area contributed by atoms with Crippen LogP contribution in [0.3, 0.4) is 0 Å². The lowest BCUT2D eigenvalue weighted by molar-refractivity contribution is -0.135. The maximum absolute atomic E-state index is 13.3. The van der Waals surface area contributed by atoms with Crippen LogP contribution in [-0.2, 0) is 9.59 Å². The summed E-state index contributed by atoms with van der Waals surface area (Å²) in [7, 11) is 0. The Kier molecular flexibility index (Phi) is 9.03. The van der Waals surface area contributed by atoms with E-state index in [9.17, 15) is 23.9 Å². The normalized spacial score (nSPS) is 15.3. The molecule has 2 aromatic rings. The lowest BCUT2D eigenvalue weighted by atomic mass is 9.87. The summed E-state index contributed by atoms with van der Waals surface area (Å²) in [6.07, 6.45) is 3.04. The van der Waals surface area contributed by atoms with E-state index in [1.165, 1.54) is 12.1 Å². The molecule has 0 aliphatic carbocycles. The van der Waals surface area contributed by atoms with Crippen molar-refractivity contribution in [3.63, 3.8) is 0 Å². The highest BCUT2D eigenvalue weighted by Gasteiger charge is 2.30. The summed E-state index contributed by atoms with van der Waals surface area (Å²) in [5.74, 6) is -4.03. The highest BCUT2D eigenvalue weighted by Crippen LogP contribution is 2.28. The van der Waals surface area contributed by atoms with Gasteiger partial charge in [0, 0.05) is 37.2 Å². The van der Waals surface area contributed by atoms with E-state index in [4.69, 9.17) is 33.0 Å². The van der Waals surface area contributed by atoms with Crippen LogP contribution in [0.15, 0.2) is 65.9 Å². The first-order valence-corrected chi connectivity index (χ1v) is 11.4. The molecule has 10 heteroatoms. The van der Waals surface area contributed by atoms with E-state index in [1.54, 1.807) is 18.2 Å². The molecule has 1 aliphatic rings. The van der Waals surface area contributed by atoms with E-state index < -0.39 is 35.0 Å². The second-order valence-electron chi connectivity index (χ2n) is 7.85. The van der Waals surface area contributed by atoms with Crippen molar-refractivity contribution in [1.29, 1.82) is 0 Å². The molecule has 0 saturated heterocycles. The molecule has 7 nitrogen and oxygen atoms in total. The highest BCUT2D eigenvalue weighted by atomic mass is 35.5. The fourth-order valence-electron chi connectivity index (χ4n) is 3.68. The quantitative estimate of drug-likeness (QED) is 0.331. The molecule has 0 fully saturated rings. The van der Waals surface area contributed by atoms with Crippen LogP contribution in [0.4, 0.5) is 4.39 Å². The van der Waals surface area contributed by atoms with Crippen LogP contribution in [-0.4, -0.2) is 52.5 Å². The first kappa shape index (κ1) is 26.4. The Labute approximate surface area is 211 Å². The van der Waals surface area contributed by atoms with E-state index in [0.717, 1.165) is 17.9 Å². The number of carboxylic acid groups (broad SMARTS) is 2. The van der Waals surface area contributed by atoms with Crippen LogP contribution in [0.1, 0.15) is 23.2 Å². The summed E-state index contributed by atoms with van der Waals surface area (Å²) in [6.45, 7) is 1.40. The zero-order valence-electron chi connectivity index (χ0n) is 18.4. The third-order valence-electron chi connectivity index (χ3n) is 5.47. The first-order chi connectivity index (χ1) is 16.6. The number of Topliss-reactive ketones (excluding diaryl/α,β-unsaturated/α-hetero) is 1. The van der Waals surface area contributed by atoms with Crippen molar-refractivity contribution < 1.29 is 33.7 Å². The van der Waals surface area contributed by atoms with Gasteiger partial charge in [-0.2, -0.15) is 0 Å². The third kappa shape index (κ3) is 7.39. The summed E-state index contributed by atoms with van der Waals surface area (Å²) >= 11 is 11.9. The summed E-state index contributed by atoms with van der Waals surface area (Å²) < 4.78 is 19.1. The number of hydrogen-bond acceptors (Lipinski definition) is 5. The van der Waals surface area contributed by atoms with Crippen molar-refractivity contribution in [2.24, 2.45) is 5.92 Å². The molecule has 0 amide bonds. The molecular weight excluding hydrogens is 500 g/mol. The number of carbonyl (C=O) groups is 3. The standard InChI is InChI=1S/C25H22Cl2FNO6/c26-21-6-5-18(13-22(21)27)35-17-7-10-29(11-8-17)12-9-19(20(25(33)34)14-23(30)31)24(32)15-1-3-16(28)4-2-15/h1-7,13-14,19H,8-12H2,(H,30,31)(H,33,34). The number of hydrogen-bond donors (Lipinski definition) is 2. The number of nitrogens with zero attached hydrogens (tertiary/aromatic N) is 1. The van der Waals surface area contributed by atoms with Gasteiger partial charge in [-0.3, -0.25) is 9.69 Å². The van der Waals surface area contributed by atoms with Crippen molar-refractivity contribution in [3.05, 3.63) is 87.4 Å². The number of ether oxygens (including phenoxy) is 1. The second kappa shape index (κ2) is 12.0. The van der Waals surface area contributed by atoms with Gasteiger partial charge < -0.3 is 14.9 Å². The Morgan fingerprint density at radius 2 is 1.80 bits per heavy atom. The van der Waals surface area contributed by atoms with Crippen LogP contribution in [0.2, 0.25) is 10.0 Å². The summed E-state index contributed by atoms with van der Waals surface area (Å²) in [5.41, 5.74) is -0.423. The molecular formula is C25H22Cl2FNO6. The lowest BCUT2D eigenvalue weighted by Gasteiger charge is -2.28. The minimum absolute atomic E-state index is 0.0679. The number of carboxylic acids is 2. The van der Waals surface area contributed by atoms with Gasteiger partial charge in [0.15, 0.2) is 5.78 Å². The number of benzene rings is 2. The smallest absolute Gasteiger partial charge is 0.332 e. The monoisotopic (exact) mass is 521 g/mol. The van der Waals surface area contributed by atoms with Crippen LogP contribution in [0, 0.1) is 11.7 Å². The van der Waals surface area contributed by atoms with Gasteiger partial charge in [0.2, 0.25) is 0 Å². The zero-order chi connectivity index (χ0) is 25.5. The molecule has 0 radical (unpaired) electrons. The molecule has 1 aliphatic heterocycles. The van der Waals surface area contributed by atoms with Crippen LogP contribution in [0.5, 0.6) is 5.75 Å². The number of halogens is 3. The summed E-state index contributed by atoms with van der Waals surface area (Å²) in [5, 5.41) is 19.5. The molecule has 1 heterocycles. The Bertz CT molecular complexity index is 1180. The van der Waals surface area contributed by atoms with E-state index in [2.05, 4.69) is 0 Å². The number of carbonyl (C=O) groups excluding carboxylic acids is 1. The second-order valence-corrected chi connectivity index (χ2v) is 8.67. The van der Waals surface area contributed by atoms with Crippen molar-refractivity contribution >= 4 is 40.9 Å². The average molecular weight is 522 g/mol. The van der Waals surface area contributed by atoms with Crippen molar-refractivity contribution in [2.45, 2.75) is 12.8 Å². The molecule has 0 saturated carbocycles. The molecule has 0 bridgehead atoms. The minimum atomic E-state index is -1.50. The van der Waals surface area contributed by atoms with Gasteiger partial charge in [0.1, 0.15) is 17.3 Å². The SMILES string of the molecule is O=C(O)C=C(C(=O)O)C(CCN1CC=C(Oc2ccc(Cl)c(Cl)c2)CC1)C(=O)c1ccc(F)cc1. The average Bonchev–Trinajstić information content (AvgIpc) is 2.82. The summed E-state index contributed by atoms with van der Waals surface area (Å²) in [6, 6.07) is 9.65. The van der Waals surface area contributed by atoms with E-state index in [1.807, 2.05) is 11.0 Å². The van der Waals surface area contributed by atoms with E-state index in [-0.39, 0.29) is 12.0 Å². The number of ketones is 1. The lowest BCUT2D eigenvalue weighted by Crippen LogP contribution is -2.34. The van der Waals surface area contributed by atoms with Gasteiger partial charge in [0.05, 0.1) is 21.5 Å². The number of aliphatic carboxylic acids is 2. The van der Waals surface area contributed by atoms with E-state index in [0.29, 0.717) is 47.9 Å². The molecule has 3 rings (SSSR count). The van der Waals surface area contributed by atoms with Crippen LogP contribution < -0.4 is 4.74 Å². The summed E-state index contributed by atoms with van der Waals surface area (Å²) in [4.78, 5) is 38.0. The van der Waals surface area contributed by atoms with Gasteiger partial charge in [-0.1, -0.05) is 23.2 Å². The number of rotatable bonds is 10. The Hall–Kier alpha value is -3.20. The molecule has 2 N–H and O–H groups in total. The third-order valence-corrected chi connectivity index (χ3v) is 6.21. The molecule has 184 valence electrons. The fraction of sp³-hybridized carbons (Fsp3) is 0.240. The predicted octanol–water partition coefficient (Wildman–Crippen LogP) is 5.09. The highest BCUT2D eigenvalue weighted by molar-refractivity contribution is 6.42. The molecule has 2 aromatic carbocycles. The topological polar surface area (TPSA) is 104 Å². The molecule has 35 heavy (non-hydrogen) atoms. The van der Waals surface area contributed by atoms with Gasteiger partial charge in [-0.05, 0) is 55.4 Å². The van der Waals surface area contributed by atoms with Gasteiger partial charge in [0.25, 0.3) is 0 Å². The van der Waals surface area contributed by atoms with E-state index >= 15 is 0 Å². The van der Waals surface area contributed by atoms with Gasteiger partial charge in [-0.25, -0.2) is 14.0 Å². The Balaban J connectivity index is 1.70. The zero-order valence-corrected chi connectivity index (χ0v) is 19.9. The van der Waals surface area contributed by atoms with Crippen molar-refractivity contribution in [2.75, 3.05) is 19.6 Å². The maximum atomic E-state index is 13.3.